The Morgan fingerprint density at radius 2 is 1.89 bits per heavy atom. The van der Waals surface area contributed by atoms with Crippen LogP contribution in [0.3, 0.4) is 0 Å². The molecule has 1 heterocycles. The minimum Gasteiger partial charge on any atom is -0.378 e. The van der Waals surface area contributed by atoms with Crippen molar-refractivity contribution in [3.8, 4) is 0 Å². The van der Waals surface area contributed by atoms with E-state index in [1.54, 1.807) is 0 Å². The summed E-state index contributed by atoms with van der Waals surface area (Å²) in [5, 5.41) is 0. The first kappa shape index (κ1) is 15.2. The third kappa shape index (κ3) is 3.87. The van der Waals surface area contributed by atoms with Gasteiger partial charge in [-0.15, -0.1) is 23.2 Å². The first-order valence-corrected chi connectivity index (χ1v) is 8.17. The Morgan fingerprint density at radius 1 is 1.16 bits per heavy atom. The zero-order valence-corrected chi connectivity index (χ0v) is 12.8. The Morgan fingerprint density at radius 3 is 2.47 bits per heavy atom. The van der Waals surface area contributed by atoms with E-state index in [0.29, 0.717) is 17.9 Å². The van der Waals surface area contributed by atoms with E-state index >= 15 is 0 Å². The molecule has 0 saturated carbocycles. The molecule has 1 saturated heterocycles. The van der Waals surface area contributed by atoms with Crippen LogP contribution in [0.1, 0.15) is 37.7 Å². The Hall–Kier alpha value is -0.240. The van der Waals surface area contributed by atoms with Crippen molar-refractivity contribution in [1.82, 2.24) is 0 Å². The second kappa shape index (κ2) is 7.52. The van der Waals surface area contributed by atoms with Gasteiger partial charge in [-0.2, -0.15) is 0 Å². The average Bonchev–Trinajstić information content (AvgIpc) is 2.98. The van der Waals surface area contributed by atoms with Crippen LogP contribution in [0.15, 0.2) is 30.3 Å². The molecule has 0 radical (unpaired) electrons. The molecule has 0 aliphatic carbocycles. The van der Waals surface area contributed by atoms with E-state index in [-0.39, 0.29) is 5.41 Å². The Balaban J connectivity index is 1.95. The summed E-state index contributed by atoms with van der Waals surface area (Å²) in [4.78, 5) is 0. The first-order valence-electron chi connectivity index (χ1n) is 7.10. The number of alkyl halides is 2. The van der Waals surface area contributed by atoms with Crippen molar-refractivity contribution in [1.29, 1.82) is 0 Å². The third-order valence-electron chi connectivity index (χ3n) is 4.10. The van der Waals surface area contributed by atoms with Crippen LogP contribution in [0.5, 0.6) is 0 Å². The predicted octanol–water partition coefficient (Wildman–Crippen LogP) is 4.75. The number of halogens is 2. The van der Waals surface area contributed by atoms with E-state index < -0.39 is 0 Å². The molecule has 1 nitrogen and oxygen atoms in total. The van der Waals surface area contributed by atoms with Crippen molar-refractivity contribution in [3.05, 3.63) is 35.9 Å². The van der Waals surface area contributed by atoms with Gasteiger partial charge in [-0.1, -0.05) is 30.3 Å². The fourth-order valence-electron chi connectivity index (χ4n) is 2.80. The highest BCUT2D eigenvalue weighted by Gasteiger charge is 2.30. The molecule has 1 aliphatic rings. The molecule has 0 aromatic heterocycles. The summed E-state index contributed by atoms with van der Waals surface area (Å²) in [7, 11) is 0. The van der Waals surface area contributed by atoms with Crippen LogP contribution in [0.25, 0.3) is 0 Å². The molecule has 2 rings (SSSR count). The number of ether oxygens (including phenoxy) is 1. The van der Waals surface area contributed by atoms with Crippen molar-refractivity contribution in [2.75, 3.05) is 18.4 Å². The van der Waals surface area contributed by atoms with Crippen molar-refractivity contribution in [3.63, 3.8) is 0 Å². The van der Waals surface area contributed by atoms with Gasteiger partial charge in [0.15, 0.2) is 0 Å². The molecule has 0 bridgehead atoms. The van der Waals surface area contributed by atoms with E-state index in [9.17, 15) is 0 Å². The highest BCUT2D eigenvalue weighted by molar-refractivity contribution is 6.22. The van der Waals surface area contributed by atoms with Gasteiger partial charge >= 0.3 is 0 Å². The van der Waals surface area contributed by atoms with E-state index in [2.05, 4.69) is 24.3 Å². The third-order valence-corrected chi connectivity index (χ3v) is 5.13. The molecule has 0 amide bonds. The van der Waals surface area contributed by atoms with Crippen LogP contribution in [-0.2, 0) is 10.2 Å². The fourth-order valence-corrected chi connectivity index (χ4v) is 3.66. The zero-order chi connectivity index (χ0) is 13.6. The lowest BCUT2D eigenvalue weighted by molar-refractivity contribution is 0.101. The molecule has 19 heavy (non-hydrogen) atoms. The molecular weight excluding hydrogens is 279 g/mol. The lowest BCUT2D eigenvalue weighted by atomic mass is 9.79. The lowest BCUT2D eigenvalue weighted by Crippen LogP contribution is -2.30. The summed E-state index contributed by atoms with van der Waals surface area (Å²) in [5.41, 5.74) is 1.16. The normalized spacial score (nSPS) is 19.8. The smallest absolute Gasteiger partial charge is 0.0576 e. The summed E-state index contributed by atoms with van der Waals surface area (Å²) in [6.07, 6.45) is 6.16. The first-order chi connectivity index (χ1) is 9.30. The summed E-state index contributed by atoms with van der Waals surface area (Å²) < 4.78 is 5.67. The molecule has 1 aliphatic heterocycles. The minimum atomic E-state index is -0.0943. The van der Waals surface area contributed by atoms with Gasteiger partial charge in [0, 0.05) is 23.8 Å². The zero-order valence-electron chi connectivity index (χ0n) is 11.3. The van der Waals surface area contributed by atoms with Crippen LogP contribution in [-0.4, -0.2) is 24.5 Å². The second-order valence-electron chi connectivity index (χ2n) is 5.44. The molecule has 1 aromatic rings. The van der Waals surface area contributed by atoms with Crippen molar-refractivity contribution in [2.24, 2.45) is 0 Å². The largest absolute Gasteiger partial charge is 0.378 e. The van der Waals surface area contributed by atoms with Crippen LogP contribution in [0.4, 0.5) is 0 Å². The Kier molecular flexibility index (Phi) is 6.00. The van der Waals surface area contributed by atoms with E-state index in [1.165, 1.54) is 18.4 Å². The number of hydrogen-bond donors (Lipinski definition) is 0. The molecule has 1 unspecified atom stereocenters. The molecule has 1 atom stereocenters. The SMILES string of the molecule is ClCC(CCl)(CCCC1CCCO1)c1ccccc1. The van der Waals surface area contributed by atoms with Crippen molar-refractivity contribution >= 4 is 23.2 Å². The van der Waals surface area contributed by atoms with Crippen molar-refractivity contribution < 1.29 is 4.74 Å². The monoisotopic (exact) mass is 300 g/mol. The predicted molar refractivity (Wildman–Crippen MR) is 82.4 cm³/mol. The summed E-state index contributed by atoms with van der Waals surface area (Å²) in [5.74, 6) is 1.15. The molecule has 0 N–H and O–H groups in total. The molecule has 3 heteroatoms. The molecule has 0 spiro atoms. The maximum absolute atomic E-state index is 6.24. The maximum atomic E-state index is 6.24. The van der Waals surface area contributed by atoms with Crippen LogP contribution >= 0.6 is 23.2 Å². The standard InChI is InChI=1S/C16H22Cl2O/c17-12-16(13-18,14-6-2-1-3-7-14)10-4-8-15-9-5-11-19-15/h1-3,6-7,15H,4-5,8-13H2. The van der Waals surface area contributed by atoms with Gasteiger partial charge in [-0.25, -0.2) is 0 Å². The Labute approximate surface area is 126 Å². The van der Waals surface area contributed by atoms with E-state index in [4.69, 9.17) is 27.9 Å². The van der Waals surface area contributed by atoms with Gasteiger partial charge < -0.3 is 4.74 Å². The Bertz CT molecular complexity index is 356. The summed E-state index contributed by atoms with van der Waals surface area (Å²) in [6, 6.07) is 10.4. The topological polar surface area (TPSA) is 9.23 Å². The maximum Gasteiger partial charge on any atom is 0.0576 e. The van der Waals surface area contributed by atoms with Crippen LogP contribution in [0, 0.1) is 0 Å². The van der Waals surface area contributed by atoms with Gasteiger partial charge in [0.25, 0.3) is 0 Å². The van der Waals surface area contributed by atoms with Crippen molar-refractivity contribution in [2.45, 2.75) is 43.6 Å². The average molecular weight is 301 g/mol. The number of hydrogen-bond acceptors (Lipinski definition) is 1. The van der Waals surface area contributed by atoms with E-state index in [0.717, 1.165) is 25.9 Å². The lowest BCUT2D eigenvalue weighted by Gasteiger charge is -2.30. The van der Waals surface area contributed by atoms with Crippen LogP contribution < -0.4 is 0 Å². The quantitative estimate of drug-likeness (QED) is 0.660. The van der Waals surface area contributed by atoms with Crippen LogP contribution in [0.2, 0.25) is 0 Å². The van der Waals surface area contributed by atoms with Gasteiger partial charge in [0.1, 0.15) is 0 Å². The molecular formula is C16H22Cl2O. The fraction of sp³-hybridized carbons (Fsp3) is 0.625. The summed E-state index contributed by atoms with van der Waals surface area (Å²) in [6.45, 7) is 0.930. The summed E-state index contributed by atoms with van der Waals surface area (Å²) >= 11 is 12.5. The van der Waals surface area contributed by atoms with E-state index in [1.807, 2.05) is 6.07 Å². The van der Waals surface area contributed by atoms with Gasteiger partial charge in [0.2, 0.25) is 0 Å². The highest BCUT2D eigenvalue weighted by atomic mass is 35.5. The highest BCUT2D eigenvalue weighted by Crippen LogP contribution is 2.33. The second-order valence-corrected chi connectivity index (χ2v) is 5.98. The number of rotatable bonds is 7. The van der Waals surface area contributed by atoms with Gasteiger partial charge in [0.05, 0.1) is 6.10 Å². The number of benzene rings is 1. The molecule has 106 valence electrons. The van der Waals surface area contributed by atoms with Gasteiger partial charge in [-0.3, -0.25) is 0 Å². The molecule has 1 fully saturated rings. The minimum absolute atomic E-state index is 0.0943. The molecule has 1 aromatic carbocycles. The van der Waals surface area contributed by atoms with Gasteiger partial charge in [-0.05, 0) is 37.7 Å².